The number of ether oxygens (including phenoxy) is 2. The summed E-state index contributed by atoms with van der Waals surface area (Å²) in [6.07, 6.45) is 0. The van der Waals surface area contributed by atoms with E-state index < -0.39 is 0 Å². The minimum atomic E-state index is -0.193. The van der Waals surface area contributed by atoms with Crippen molar-refractivity contribution in [2.75, 3.05) is 46.7 Å². The molecule has 0 saturated heterocycles. The highest BCUT2D eigenvalue weighted by atomic mass is 16.5. The molecule has 0 radical (unpaired) electrons. The number of carbonyl (C=O) groups is 2. The molecule has 0 aromatic heterocycles. The number of anilines is 1. The Labute approximate surface area is 188 Å². The Hall–Kier alpha value is -3.58. The second-order valence-electron chi connectivity index (χ2n) is 7.75. The van der Waals surface area contributed by atoms with Gasteiger partial charge < -0.3 is 19.7 Å². The first-order valence-electron chi connectivity index (χ1n) is 10.3. The lowest BCUT2D eigenvalue weighted by molar-refractivity contribution is -0.131. The molecule has 0 spiro atoms. The van der Waals surface area contributed by atoms with Crippen molar-refractivity contribution in [2.45, 2.75) is 6.54 Å². The van der Waals surface area contributed by atoms with Gasteiger partial charge in [0.05, 0.1) is 27.3 Å². The number of hydrogen-bond donors (Lipinski definition) is 1. The Bertz CT molecular complexity index is 1100. The van der Waals surface area contributed by atoms with E-state index in [2.05, 4.69) is 11.4 Å². The van der Waals surface area contributed by atoms with E-state index in [1.54, 1.807) is 56.3 Å². The summed E-state index contributed by atoms with van der Waals surface area (Å²) < 4.78 is 10.4. The van der Waals surface area contributed by atoms with Crippen LogP contribution < -0.4 is 14.8 Å². The predicted molar refractivity (Wildman–Crippen MR) is 126 cm³/mol. The van der Waals surface area contributed by atoms with Crippen molar-refractivity contribution >= 4 is 28.3 Å². The van der Waals surface area contributed by atoms with Crippen LogP contribution in [-0.4, -0.2) is 63.0 Å². The van der Waals surface area contributed by atoms with Crippen LogP contribution in [0.5, 0.6) is 11.5 Å². The van der Waals surface area contributed by atoms with Gasteiger partial charge in [-0.15, -0.1) is 0 Å². The molecule has 0 saturated carbocycles. The first kappa shape index (κ1) is 23.1. The summed E-state index contributed by atoms with van der Waals surface area (Å²) in [5, 5.41) is 5.00. The van der Waals surface area contributed by atoms with Gasteiger partial charge in [0.2, 0.25) is 11.8 Å². The number of benzene rings is 3. The molecule has 0 atom stereocenters. The molecule has 0 heterocycles. The van der Waals surface area contributed by atoms with E-state index in [0.29, 0.717) is 18.0 Å². The summed E-state index contributed by atoms with van der Waals surface area (Å²) >= 11 is 0. The van der Waals surface area contributed by atoms with E-state index in [1.807, 2.05) is 36.4 Å². The maximum Gasteiger partial charge on any atom is 0.238 e. The molecule has 3 rings (SSSR count). The third-order valence-corrected chi connectivity index (χ3v) is 5.13. The van der Waals surface area contributed by atoms with E-state index in [0.717, 1.165) is 22.1 Å². The van der Waals surface area contributed by atoms with Gasteiger partial charge in [-0.2, -0.15) is 0 Å². The molecule has 32 heavy (non-hydrogen) atoms. The van der Waals surface area contributed by atoms with Gasteiger partial charge in [-0.3, -0.25) is 14.5 Å². The maximum atomic E-state index is 12.6. The van der Waals surface area contributed by atoms with Gasteiger partial charge in [-0.05, 0) is 53.7 Å². The van der Waals surface area contributed by atoms with Crippen molar-refractivity contribution in [2.24, 2.45) is 0 Å². The lowest BCUT2D eigenvalue weighted by atomic mass is 10.1. The zero-order chi connectivity index (χ0) is 23.1. The fourth-order valence-electron chi connectivity index (χ4n) is 3.41. The van der Waals surface area contributed by atoms with Crippen LogP contribution in [0.1, 0.15) is 5.56 Å². The van der Waals surface area contributed by atoms with Gasteiger partial charge in [-0.25, -0.2) is 0 Å². The first-order valence-corrected chi connectivity index (χ1v) is 10.3. The Morgan fingerprint density at radius 2 is 1.53 bits per heavy atom. The standard InChI is InChI=1S/C25H29N3O4/c1-27(16-24(29)26-21-6-5-7-22(14-21)31-3)17-25(30)28(2)15-18-8-9-20-13-23(32-4)11-10-19(20)12-18/h5-14H,15-17H2,1-4H3,(H,26,29). The number of carbonyl (C=O) groups excluding carboxylic acids is 2. The van der Waals surface area contributed by atoms with E-state index >= 15 is 0 Å². The molecule has 0 unspecified atom stereocenters. The second kappa shape index (κ2) is 10.6. The maximum absolute atomic E-state index is 12.6. The van der Waals surface area contributed by atoms with E-state index in [9.17, 15) is 9.59 Å². The SMILES string of the molecule is COc1cccc(NC(=O)CN(C)CC(=O)N(C)Cc2ccc3cc(OC)ccc3c2)c1. The van der Waals surface area contributed by atoms with Crippen LogP contribution in [0.3, 0.4) is 0 Å². The summed E-state index contributed by atoms with van der Waals surface area (Å²) in [6, 6.07) is 19.2. The topological polar surface area (TPSA) is 71.1 Å². The van der Waals surface area contributed by atoms with Crippen LogP contribution in [0.2, 0.25) is 0 Å². The van der Waals surface area contributed by atoms with Crippen LogP contribution in [0.4, 0.5) is 5.69 Å². The van der Waals surface area contributed by atoms with Crippen molar-refractivity contribution in [3.05, 3.63) is 66.2 Å². The average Bonchev–Trinajstić information content (AvgIpc) is 2.78. The molecule has 0 bridgehead atoms. The number of nitrogens with zero attached hydrogens (tertiary/aromatic N) is 2. The molecule has 2 amide bonds. The highest BCUT2D eigenvalue weighted by molar-refractivity contribution is 5.92. The van der Waals surface area contributed by atoms with E-state index in [-0.39, 0.29) is 24.9 Å². The molecule has 0 aliphatic rings. The number of nitrogens with one attached hydrogen (secondary N) is 1. The lowest BCUT2D eigenvalue weighted by Crippen LogP contribution is -2.39. The zero-order valence-corrected chi connectivity index (χ0v) is 18.9. The summed E-state index contributed by atoms with van der Waals surface area (Å²) in [5.74, 6) is 1.23. The number of amides is 2. The van der Waals surface area contributed by atoms with E-state index in [4.69, 9.17) is 9.47 Å². The molecular formula is C25H29N3O4. The van der Waals surface area contributed by atoms with Crippen molar-refractivity contribution in [3.63, 3.8) is 0 Å². The number of fused-ring (bicyclic) bond motifs is 1. The molecule has 7 nitrogen and oxygen atoms in total. The van der Waals surface area contributed by atoms with Crippen molar-refractivity contribution in [1.82, 2.24) is 9.80 Å². The number of hydrogen-bond acceptors (Lipinski definition) is 5. The van der Waals surface area contributed by atoms with Gasteiger partial charge in [0.25, 0.3) is 0 Å². The Kier molecular flexibility index (Phi) is 7.68. The van der Waals surface area contributed by atoms with Crippen LogP contribution in [0.15, 0.2) is 60.7 Å². The van der Waals surface area contributed by atoms with Gasteiger partial charge in [0.1, 0.15) is 11.5 Å². The number of methoxy groups -OCH3 is 2. The number of rotatable bonds is 9. The molecule has 1 N–H and O–H groups in total. The molecule has 7 heteroatoms. The van der Waals surface area contributed by atoms with Crippen molar-refractivity contribution in [3.8, 4) is 11.5 Å². The summed E-state index contributed by atoms with van der Waals surface area (Å²) in [7, 11) is 6.74. The minimum absolute atomic E-state index is 0.0588. The average molecular weight is 436 g/mol. The number of likely N-dealkylation sites (N-methyl/N-ethyl adjacent to an activating group) is 2. The van der Waals surface area contributed by atoms with Gasteiger partial charge in [-0.1, -0.05) is 24.3 Å². The molecule has 0 aliphatic heterocycles. The Morgan fingerprint density at radius 3 is 2.28 bits per heavy atom. The Morgan fingerprint density at radius 1 is 0.844 bits per heavy atom. The van der Waals surface area contributed by atoms with Crippen molar-refractivity contribution in [1.29, 1.82) is 0 Å². The largest absolute Gasteiger partial charge is 0.497 e. The summed E-state index contributed by atoms with van der Waals surface area (Å²) in [6.45, 7) is 0.742. The highest BCUT2D eigenvalue weighted by Crippen LogP contribution is 2.22. The molecule has 0 fully saturated rings. The highest BCUT2D eigenvalue weighted by Gasteiger charge is 2.15. The smallest absolute Gasteiger partial charge is 0.238 e. The zero-order valence-electron chi connectivity index (χ0n) is 18.9. The molecule has 0 aliphatic carbocycles. The lowest BCUT2D eigenvalue weighted by Gasteiger charge is -2.22. The Balaban J connectivity index is 1.52. The van der Waals surface area contributed by atoms with E-state index in [1.165, 1.54) is 0 Å². The van der Waals surface area contributed by atoms with Gasteiger partial charge in [0.15, 0.2) is 0 Å². The third kappa shape index (κ3) is 6.21. The second-order valence-corrected chi connectivity index (χ2v) is 7.75. The fraction of sp³-hybridized carbons (Fsp3) is 0.280. The van der Waals surface area contributed by atoms with Crippen LogP contribution in [0.25, 0.3) is 10.8 Å². The van der Waals surface area contributed by atoms with Crippen molar-refractivity contribution < 1.29 is 19.1 Å². The summed E-state index contributed by atoms with van der Waals surface area (Å²) in [5.41, 5.74) is 1.69. The molecule has 168 valence electrons. The van der Waals surface area contributed by atoms with Crippen LogP contribution >= 0.6 is 0 Å². The van der Waals surface area contributed by atoms with Crippen LogP contribution in [-0.2, 0) is 16.1 Å². The van der Waals surface area contributed by atoms with Gasteiger partial charge >= 0.3 is 0 Å². The minimum Gasteiger partial charge on any atom is -0.497 e. The predicted octanol–water partition coefficient (Wildman–Crippen LogP) is 3.39. The fourth-order valence-corrected chi connectivity index (χ4v) is 3.41. The third-order valence-electron chi connectivity index (χ3n) is 5.13. The summed E-state index contributed by atoms with van der Waals surface area (Å²) in [4.78, 5) is 28.3. The molecule has 3 aromatic carbocycles. The normalized spacial score (nSPS) is 10.8. The quantitative estimate of drug-likeness (QED) is 0.558. The molecular weight excluding hydrogens is 406 g/mol. The first-order chi connectivity index (χ1) is 15.4. The monoisotopic (exact) mass is 435 g/mol. The molecule has 3 aromatic rings. The van der Waals surface area contributed by atoms with Crippen LogP contribution in [0, 0.1) is 0 Å². The van der Waals surface area contributed by atoms with Gasteiger partial charge in [0, 0.05) is 25.3 Å².